The standard InChI is InChI=1S/C23H26F3N7O/c24-23(25,26)17-10-30-22(31-18-4-3-13-8-28-9-15(13)18)32-20(17)16-12-33(19-11-27-6-7-34-19)21-14(16)2-1-5-29-21/h1-2,5,10,12-13,15,18-19,27-28H,3-4,6-9,11H2,(H,30,31,32). The Morgan fingerprint density at radius 1 is 1.12 bits per heavy atom. The lowest BCUT2D eigenvalue weighted by Gasteiger charge is -2.25. The number of hydrogen-bond donors (Lipinski definition) is 3. The summed E-state index contributed by atoms with van der Waals surface area (Å²) >= 11 is 0. The Hall–Kier alpha value is -2.76. The smallest absolute Gasteiger partial charge is 0.355 e. The van der Waals surface area contributed by atoms with E-state index >= 15 is 0 Å². The summed E-state index contributed by atoms with van der Waals surface area (Å²) in [5.74, 6) is 1.26. The van der Waals surface area contributed by atoms with Gasteiger partial charge >= 0.3 is 6.18 Å². The molecule has 2 aliphatic heterocycles. The maximum absolute atomic E-state index is 14.0. The first kappa shape index (κ1) is 21.8. The summed E-state index contributed by atoms with van der Waals surface area (Å²) in [6.45, 7) is 3.69. The van der Waals surface area contributed by atoms with E-state index in [-0.39, 0.29) is 23.9 Å². The normalized spacial score (nSPS) is 27.3. The van der Waals surface area contributed by atoms with Crippen LogP contribution in [0, 0.1) is 11.8 Å². The fourth-order valence-electron chi connectivity index (χ4n) is 5.58. The lowest BCUT2D eigenvalue weighted by atomic mass is 9.98. The number of nitrogens with zero attached hydrogens (tertiary/aromatic N) is 4. The Morgan fingerprint density at radius 3 is 2.85 bits per heavy atom. The number of ether oxygens (including phenoxy) is 1. The summed E-state index contributed by atoms with van der Waals surface area (Å²) < 4.78 is 49.8. The van der Waals surface area contributed by atoms with Crippen LogP contribution < -0.4 is 16.0 Å². The van der Waals surface area contributed by atoms with Crippen LogP contribution in [0.5, 0.6) is 0 Å². The van der Waals surface area contributed by atoms with Crippen LogP contribution in [0.3, 0.4) is 0 Å². The van der Waals surface area contributed by atoms with Crippen molar-refractivity contribution in [1.82, 2.24) is 30.2 Å². The van der Waals surface area contributed by atoms with Gasteiger partial charge in [-0.1, -0.05) is 0 Å². The molecule has 34 heavy (non-hydrogen) atoms. The van der Waals surface area contributed by atoms with E-state index in [9.17, 15) is 13.2 Å². The number of rotatable bonds is 4. The molecule has 0 aromatic carbocycles. The van der Waals surface area contributed by atoms with Gasteiger partial charge in [0.25, 0.3) is 0 Å². The number of alkyl halides is 3. The van der Waals surface area contributed by atoms with Crippen molar-refractivity contribution in [2.24, 2.45) is 11.8 Å². The van der Waals surface area contributed by atoms with Gasteiger partial charge in [-0.05, 0) is 43.4 Å². The van der Waals surface area contributed by atoms with Gasteiger partial charge in [0.05, 0.1) is 12.3 Å². The number of anilines is 1. The minimum atomic E-state index is -4.60. The van der Waals surface area contributed by atoms with E-state index in [1.54, 1.807) is 29.1 Å². The van der Waals surface area contributed by atoms with Gasteiger partial charge in [0, 0.05) is 55.2 Å². The molecule has 3 aromatic heterocycles. The highest BCUT2D eigenvalue weighted by molar-refractivity contribution is 5.94. The second kappa shape index (κ2) is 8.47. The molecule has 180 valence electrons. The number of fused-ring (bicyclic) bond motifs is 2. The van der Waals surface area contributed by atoms with E-state index in [1.165, 1.54) is 0 Å². The number of pyridine rings is 1. The molecular formula is C23H26F3N7O. The average Bonchev–Trinajstić information content (AvgIpc) is 3.55. The molecule has 0 bridgehead atoms. The Bertz CT molecular complexity index is 1190. The first-order valence-electron chi connectivity index (χ1n) is 11.7. The summed E-state index contributed by atoms with van der Waals surface area (Å²) in [5.41, 5.74) is -0.0925. The van der Waals surface area contributed by atoms with E-state index in [2.05, 4.69) is 30.9 Å². The zero-order valence-electron chi connectivity index (χ0n) is 18.5. The molecule has 1 saturated carbocycles. The summed E-state index contributed by atoms with van der Waals surface area (Å²) in [6, 6.07) is 3.63. The van der Waals surface area contributed by atoms with Crippen molar-refractivity contribution >= 4 is 17.0 Å². The molecule has 4 atom stereocenters. The van der Waals surface area contributed by atoms with Gasteiger partial charge in [-0.2, -0.15) is 13.2 Å². The Kier molecular flexibility index (Phi) is 5.42. The third kappa shape index (κ3) is 3.81. The molecule has 0 radical (unpaired) electrons. The van der Waals surface area contributed by atoms with Crippen molar-refractivity contribution in [3.8, 4) is 11.3 Å². The second-order valence-electron chi connectivity index (χ2n) is 9.22. The van der Waals surface area contributed by atoms with Crippen molar-refractivity contribution in [3.63, 3.8) is 0 Å². The molecule has 3 aliphatic rings. The fraction of sp³-hybridized carbons (Fsp3) is 0.522. The molecule has 11 heteroatoms. The maximum Gasteiger partial charge on any atom is 0.419 e. The van der Waals surface area contributed by atoms with Gasteiger partial charge in [-0.15, -0.1) is 0 Å². The summed E-state index contributed by atoms with van der Waals surface area (Å²) in [6.07, 6.45) is 1.29. The number of morpholine rings is 1. The van der Waals surface area contributed by atoms with Crippen LogP contribution in [-0.4, -0.2) is 58.3 Å². The van der Waals surface area contributed by atoms with Crippen molar-refractivity contribution < 1.29 is 17.9 Å². The molecule has 0 spiro atoms. The van der Waals surface area contributed by atoms with Crippen molar-refractivity contribution in [2.45, 2.75) is 31.3 Å². The fourth-order valence-corrected chi connectivity index (χ4v) is 5.58. The number of nitrogens with one attached hydrogen (secondary N) is 3. The van der Waals surface area contributed by atoms with Crippen LogP contribution in [0.2, 0.25) is 0 Å². The highest BCUT2D eigenvalue weighted by atomic mass is 19.4. The van der Waals surface area contributed by atoms with Gasteiger partial charge in [-0.3, -0.25) is 0 Å². The first-order valence-corrected chi connectivity index (χ1v) is 11.7. The topological polar surface area (TPSA) is 88.9 Å². The van der Waals surface area contributed by atoms with E-state index in [0.29, 0.717) is 41.6 Å². The van der Waals surface area contributed by atoms with Crippen LogP contribution >= 0.6 is 0 Å². The lowest BCUT2D eigenvalue weighted by Crippen LogP contribution is -2.36. The van der Waals surface area contributed by atoms with Gasteiger partial charge < -0.3 is 25.3 Å². The Balaban J connectivity index is 1.43. The first-order chi connectivity index (χ1) is 16.5. The van der Waals surface area contributed by atoms with Crippen LogP contribution in [-0.2, 0) is 10.9 Å². The molecular weight excluding hydrogens is 447 g/mol. The largest absolute Gasteiger partial charge is 0.419 e. The zero-order chi connectivity index (χ0) is 23.3. The molecule has 4 unspecified atom stereocenters. The SMILES string of the molecule is FC(F)(F)c1cnc(NC2CCC3CNCC32)nc1-c1cn(C2CNCCO2)c2ncccc12. The molecule has 8 nitrogen and oxygen atoms in total. The number of aromatic nitrogens is 4. The molecule has 2 saturated heterocycles. The third-order valence-corrected chi connectivity index (χ3v) is 7.23. The quantitative estimate of drug-likeness (QED) is 0.537. The predicted octanol–water partition coefficient (Wildman–Crippen LogP) is 3.04. The molecule has 1 aliphatic carbocycles. The highest BCUT2D eigenvalue weighted by Crippen LogP contribution is 2.41. The zero-order valence-corrected chi connectivity index (χ0v) is 18.5. The van der Waals surface area contributed by atoms with E-state index in [4.69, 9.17) is 4.74 Å². The van der Waals surface area contributed by atoms with Crippen LogP contribution in [0.1, 0.15) is 24.6 Å². The van der Waals surface area contributed by atoms with Crippen LogP contribution in [0.4, 0.5) is 19.1 Å². The van der Waals surface area contributed by atoms with E-state index in [1.807, 2.05) is 0 Å². The van der Waals surface area contributed by atoms with Crippen molar-refractivity contribution in [1.29, 1.82) is 0 Å². The second-order valence-corrected chi connectivity index (χ2v) is 9.22. The summed E-state index contributed by atoms with van der Waals surface area (Å²) in [4.78, 5) is 12.9. The summed E-state index contributed by atoms with van der Waals surface area (Å²) in [5, 5.41) is 10.6. The molecule has 3 fully saturated rings. The van der Waals surface area contributed by atoms with E-state index in [0.717, 1.165) is 38.7 Å². The Labute approximate surface area is 194 Å². The lowest BCUT2D eigenvalue weighted by molar-refractivity contribution is -0.137. The molecule has 0 amide bonds. The number of hydrogen-bond acceptors (Lipinski definition) is 7. The predicted molar refractivity (Wildman–Crippen MR) is 120 cm³/mol. The van der Waals surface area contributed by atoms with Crippen LogP contribution in [0.25, 0.3) is 22.3 Å². The third-order valence-electron chi connectivity index (χ3n) is 7.23. The minimum Gasteiger partial charge on any atom is -0.355 e. The average molecular weight is 474 g/mol. The van der Waals surface area contributed by atoms with Gasteiger partial charge in [0.1, 0.15) is 17.4 Å². The molecule has 3 N–H and O–H groups in total. The molecule has 6 rings (SSSR count). The van der Waals surface area contributed by atoms with Gasteiger partial charge in [-0.25, -0.2) is 15.0 Å². The Morgan fingerprint density at radius 2 is 2.03 bits per heavy atom. The van der Waals surface area contributed by atoms with E-state index < -0.39 is 11.7 Å². The summed E-state index contributed by atoms with van der Waals surface area (Å²) in [7, 11) is 0. The van der Waals surface area contributed by atoms with Crippen LogP contribution in [0.15, 0.2) is 30.7 Å². The molecule has 3 aromatic rings. The van der Waals surface area contributed by atoms with Gasteiger partial charge in [0.2, 0.25) is 5.95 Å². The van der Waals surface area contributed by atoms with Crippen molar-refractivity contribution in [3.05, 3.63) is 36.3 Å². The maximum atomic E-state index is 14.0. The van der Waals surface area contributed by atoms with Gasteiger partial charge in [0.15, 0.2) is 0 Å². The van der Waals surface area contributed by atoms with Crippen molar-refractivity contribution in [2.75, 3.05) is 38.1 Å². The highest BCUT2D eigenvalue weighted by Gasteiger charge is 2.40. The monoisotopic (exact) mass is 473 g/mol. The minimum absolute atomic E-state index is 0.148. The molecule has 5 heterocycles. The number of halogens is 3.